The molecule has 0 bridgehead atoms. The molecule has 4 aliphatic carbocycles. The maximum Gasteiger partial charge on any atom is 0.303 e. The third kappa shape index (κ3) is 6.07. The number of hydrogen-bond acceptors (Lipinski definition) is 2. The number of unbranched alkanes of at least 4 members (excludes halogenated alkanes) is 9. The molecule has 0 radical (unpaired) electrons. The van der Waals surface area contributed by atoms with E-state index in [9.17, 15) is 9.59 Å². The minimum absolute atomic E-state index is 0.314. The molecular formula is C32H52O3. The van der Waals surface area contributed by atoms with Gasteiger partial charge in [0.2, 0.25) is 0 Å². The Morgan fingerprint density at radius 2 is 1.49 bits per heavy atom. The molecule has 0 heterocycles. The molecule has 0 aromatic rings. The molecule has 0 aliphatic heterocycles. The molecule has 3 unspecified atom stereocenters. The average molecular weight is 485 g/mol. The summed E-state index contributed by atoms with van der Waals surface area (Å²) in [5.74, 6) is 3.32. The summed E-state index contributed by atoms with van der Waals surface area (Å²) in [6.07, 6.45) is 26.6. The Kier molecular flexibility index (Phi) is 9.19. The summed E-state index contributed by atoms with van der Waals surface area (Å²) in [5, 5.41) is 8.69. The first-order valence-corrected chi connectivity index (χ1v) is 15.3. The summed E-state index contributed by atoms with van der Waals surface area (Å²) in [4.78, 5) is 22.6. The van der Waals surface area contributed by atoms with Gasteiger partial charge in [-0.1, -0.05) is 77.2 Å². The molecule has 6 atom stereocenters. The van der Waals surface area contributed by atoms with Crippen molar-refractivity contribution in [2.75, 3.05) is 0 Å². The van der Waals surface area contributed by atoms with E-state index in [0.29, 0.717) is 23.0 Å². The van der Waals surface area contributed by atoms with Gasteiger partial charge in [-0.25, -0.2) is 0 Å². The van der Waals surface area contributed by atoms with Crippen LogP contribution in [0.25, 0.3) is 0 Å². The van der Waals surface area contributed by atoms with E-state index in [1.807, 2.05) is 6.08 Å². The van der Waals surface area contributed by atoms with Crippen molar-refractivity contribution < 1.29 is 14.7 Å². The number of carboxylic acids is 1. The van der Waals surface area contributed by atoms with Crippen molar-refractivity contribution in [1.82, 2.24) is 0 Å². The number of aliphatic carboxylic acids is 1. The molecule has 4 rings (SSSR count). The monoisotopic (exact) mass is 484 g/mol. The van der Waals surface area contributed by atoms with E-state index in [1.54, 1.807) is 0 Å². The van der Waals surface area contributed by atoms with E-state index >= 15 is 0 Å². The third-order valence-electron chi connectivity index (χ3n) is 11.4. The van der Waals surface area contributed by atoms with E-state index in [1.165, 1.54) is 102 Å². The van der Waals surface area contributed by atoms with Gasteiger partial charge in [0.25, 0.3) is 0 Å². The zero-order chi connectivity index (χ0) is 24.9. The predicted octanol–water partition coefficient (Wildman–Crippen LogP) is 8.90. The normalized spacial score (nSPS) is 36.3. The topological polar surface area (TPSA) is 54.4 Å². The van der Waals surface area contributed by atoms with Crippen LogP contribution in [0.15, 0.2) is 11.6 Å². The van der Waals surface area contributed by atoms with Crippen LogP contribution in [0, 0.1) is 34.5 Å². The standard InChI is InChI=1S/C32H52O3/c1-31-22-20-29-27(17-15-25-23-26(33)19-21-32(25,29)2)28(31)18-16-24(31)13-11-9-7-5-3-4-6-8-10-12-14-30(34)35/h23-24,27-29H,3-22H2,1-2H3,(H,34,35)/t24-,27?,28?,29?,31+,32-/m0/s1. The fourth-order valence-electron chi connectivity index (χ4n) is 9.22. The maximum atomic E-state index is 12.1. The van der Waals surface area contributed by atoms with Crippen LogP contribution in [0.4, 0.5) is 0 Å². The minimum Gasteiger partial charge on any atom is -0.481 e. The lowest BCUT2D eigenvalue weighted by molar-refractivity contribution is -0.137. The number of rotatable bonds is 13. The molecule has 0 aromatic heterocycles. The molecule has 0 saturated heterocycles. The zero-order valence-electron chi connectivity index (χ0n) is 22.8. The highest BCUT2D eigenvalue weighted by molar-refractivity contribution is 5.91. The second kappa shape index (κ2) is 12.0. The van der Waals surface area contributed by atoms with Crippen molar-refractivity contribution in [1.29, 1.82) is 0 Å². The molecule has 4 aliphatic rings. The smallest absolute Gasteiger partial charge is 0.303 e. The number of fused-ring (bicyclic) bond motifs is 5. The Bertz CT molecular complexity index is 769. The van der Waals surface area contributed by atoms with E-state index < -0.39 is 5.97 Å². The molecular weight excluding hydrogens is 432 g/mol. The second-order valence-corrected chi connectivity index (χ2v) is 13.3. The van der Waals surface area contributed by atoms with E-state index in [-0.39, 0.29) is 0 Å². The van der Waals surface area contributed by atoms with Crippen molar-refractivity contribution in [3.05, 3.63) is 11.6 Å². The quantitative estimate of drug-likeness (QED) is 0.265. The van der Waals surface area contributed by atoms with E-state index in [4.69, 9.17) is 5.11 Å². The number of allylic oxidation sites excluding steroid dienone is 1. The lowest BCUT2D eigenvalue weighted by atomic mass is 9.46. The SMILES string of the molecule is C[C@]12CCC(=O)C=C1CCC1C2CC[C@@]2(C)C1CC[C@@H]2CCCCCCCCCCCCC(=O)O. The number of carbonyl (C=O) groups is 2. The van der Waals surface area contributed by atoms with Gasteiger partial charge < -0.3 is 5.11 Å². The lowest BCUT2D eigenvalue weighted by Gasteiger charge is -2.58. The Labute approximate surface area is 214 Å². The van der Waals surface area contributed by atoms with Crippen LogP contribution < -0.4 is 0 Å². The summed E-state index contributed by atoms with van der Waals surface area (Å²) >= 11 is 0. The Balaban J connectivity index is 1.14. The molecule has 1 N–H and O–H groups in total. The number of carboxylic acid groups (broad SMARTS) is 1. The van der Waals surface area contributed by atoms with Crippen LogP contribution in [0.3, 0.4) is 0 Å². The molecule has 198 valence electrons. The largest absolute Gasteiger partial charge is 0.481 e. The van der Waals surface area contributed by atoms with Crippen molar-refractivity contribution in [2.45, 2.75) is 142 Å². The molecule has 0 amide bonds. The minimum atomic E-state index is -0.655. The fourth-order valence-corrected chi connectivity index (χ4v) is 9.22. The van der Waals surface area contributed by atoms with Gasteiger partial charge in [0.15, 0.2) is 5.78 Å². The van der Waals surface area contributed by atoms with Crippen LogP contribution in [0.1, 0.15) is 142 Å². The Morgan fingerprint density at radius 1 is 0.829 bits per heavy atom. The number of ketones is 1. The van der Waals surface area contributed by atoms with Gasteiger partial charge in [0.1, 0.15) is 0 Å². The zero-order valence-corrected chi connectivity index (χ0v) is 22.8. The van der Waals surface area contributed by atoms with Gasteiger partial charge in [0, 0.05) is 12.8 Å². The molecule has 0 aromatic carbocycles. The summed E-state index contributed by atoms with van der Waals surface area (Å²) in [6, 6.07) is 0. The molecule has 3 fully saturated rings. The Morgan fingerprint density at radius 3 is 2.17 bits per heavy atom. The average Bonchev–Trinajstić information content (AvgIpc) is 3.16. The summed E-state index contributed by atoms with van der Waals surface area (Å²) in [7, 11) is 0. The second-order valence-electron chi connectivity index (χ2n) is 13.3. The van der Waals surface area contributed by atoms with E-state index in [0.717, 1.165) is 49.4 Å². The molecule has 3 saturated carbocycles. The first-order valence-electron chi connectivity index (χ1n) is 15.3. The van der Waals surface area contributed by atoms with Crippen LogP contribution in [0.2, 0.25) is 0 Å². The van der Waals surface area contributed by atoms with Crippen LogP contribution in [0.5, 0.6) is 0 Å². The fraction of sp³-hybridized carbons (Fsp3) is 0.875. The first-order chi connectivity index (χ1) is 16.8. The number of carbonyl (C=O) groups excluding carboxylic acids is 1. The highest BCUT2D eigenvalue weighted by Crippen LogP contribution is 2.67. The number of hydrogen-bond donors (Lipinski definition) is 1. The molecule has 0 spiro atoms. The first kappa shape index (κ1) is 26.9. The van der Waals surface area contributed by atoms with Crippen molar-refractivity contribution in [3.63, 3.8) is 0 Å². The van der Waals surface area contributed by atoms with Gasteiger partial charge in [0.05, 0.1) is 0 Å². The molecule has 3 heteroatoms. The lowest BCUT2D eigenvalue weighted by Crippen LogP contribution is -2.50. The van der Waals surface area contributed by atoms with Gasteiger partial charge in [-0.05, 0) is 98.4 Å². The van der Waals surface area contributed by atoms with Crippen LogP contribution in [-0.2, 0) is 9.59 Å². The predicted molar refractivity (Wildman–Crippen MR) is 143 cm³/mol. The highest BCUT2D eigenvalue weighted by Gasteiger charge is 2.58. The van der Waals surface area contributed by atoms with Gasteiger partial charge in [-0.2, -0.15) is 0 Å². The van der Waals surface area contributed by atoms with Crippen molar-refractivity contribution in [2.24, 2.45) is 34.5 Å². The summed E-state index contributed by atoms with van der Waals surface area (Å²) in [6.45, 7) is 5.18. The van der Waals surface area contributed by atoms with Crippen molar-refractivity contribution in [3.8, 4) is 0 Å². The highest BCUT2D eigenvalue weighted by atomic mass is 16.4. The maximum absolute atomic E-state index is 12.1. The van der Waals surface area contributed by atoms with Gasteiger partial charge in [-0.15, -0.1) is 0 Å². The Hall–Kier alpha value is -1.12. The van der Waals surface area contributed by atoms with Crippen LogP contribution in [-0.4, -0.2) is 16.9 Å². The summed E-state index contributed by atoms with van der Waals surface area (Å²) < 4.78 is 0. The van der Waals surface area contributed by atoms with Crippen molar-refractivity contribution >= 4 is 11.8 Å². The summed E-state index contributed by atoms with van der Waals surface area (Å²) in [5.41, 5.74) is 2.39. The van der Waals surface area contributed by atoms with Gasteiger partial charge in [-0.3, -0.25) is 9.59 Å². The molecule has 35 heavy (non-hydrogen) atoms. The third-order valence-corrected chi connectivity index (χ3v) is 11.4. The van der Waals surface area contributed by atoms with Gasteiger partial charge >= 0.3 is 5.97 Å². The van der Waals surface area contributed by atoms with E-state index in [2.05, 4.69) is 13.8 Å². The molecule has 3 nitrogen and oxygen atoms in total. The van der Waals surface area contributed by atoms with Crippen LogP contribution >= 0.6 is 0 Å².